The lowest BCUT2D eigenvalue weighted by atomic mass is 10.2. The number of alkyl halides is 2. The number of hydrogen-bond acceptors (Lipinski definition) is 6. The highest BCUT2D eigenvalue weighted by atomic mass is 32.1. The molecular weight excluding hydrogens is 368 g/mol. The molecule has 6 nitrogen and oxygen atoms in total. The van der Waals surface area contributed by atoms with Crippen LogP contribution < -0.4 is 10.1 Å². The Morgan fingerprint density at radius 2 is 1.85 bits per heavy atom. The van der Waals surface area contributed by atoms with Gasteiger partial charge in [0.1, 0.15) is 5.75 Å². The van der Waals surface area contributed by atoms with Crippen LogP contribution in [0.4, 0.5) is 14.5 Å². The molecule has 0 atom stereocenters. The Morgan fingerprint density at radius 3 is 2.54 bits per heavy atom. The van der Waals surface area contributed by atoms with Gasteiger partial charge in [-0.2, -0.15) is 8.78 Å². The van der Waals surface area contributed by atoms with Crippen LogP contribution in [0.1, 0.15) is 22.5 Å². The zero-order valence-electron chi connectivity index (χ0n) is 13.4. The molecule has 2 aromatic rings. The van der Waals surface area contributed by atoms with Gasteiger partial charge in [0.2, 0.25) is 0 Å². The second-order valence-corrected chi connectivity index (χ2v) is 5.93. The number of anilines is 1. The van der Waals surface area contributed by atoms with Gasteiger partial charge in [-0.15, -0.1) is 11.3 Å². The molecule has 0 aliphatic carbocycles. The normalized spacial score (nSPS) is 10.4. The Morgan fingerprint density at radius 1 is 1.08 bits per heavy atom. The first-order chi connectivity index (χ1) is 12.5. The number of Topliss-reactive ketones (excluding diaryl/α,β-unsaturated/α-hetero) is 1. The summed E-state index contributed by atoms with van der Waals surface area (Å²) in [6.07, 6.45) is -0.179. The first kappa shape index (κ1) is 19.5. The standard InChI is InChI=1S/C17H15F2NO5S/c18-17(19)25-13-5-2-1-4-11(13)20-15(22)10-24-16(23)8-7-12(21)14-6-3-9-26-14/h1-6,9,17H,7-8,10H2,(H,20,22). The van der Waals surface area contributed by atoms with Crippen LogP contribution in [0.15, 0.2) is 41.8 Å². The van der Waals surface area contributed by atoms with E-state index in [1.54, 1.807) is 17.5 Å². The minimum atomic E-state index is -3.04. The predicted octanol–water partition coefficient (Wildman–Crippen LogP) is 3.49. The minimum absolute atomic E-state index is 0.0218. The topological polar surface area (TPSA) is 81.7 Å². The first-order valence-electron chi connectivity index (χ1n) is 7.51. The Balaban J connectivity index is 1.76. The molecule has 1 N–H and O–H groups in total. The number of esters is 1. The highest BCUT2D eigenvalue weighted by Gasteiger charge is 2.14. The van der Waals surface area contributed by atoms with E-state index in [2.05, 4.69) is 10.1 Å². The van der Waals surface area contributed by atoms with Gasteiger partial charge in [-0.1, -0.05) is 18.2 Å². The number of amides is 1. The van der Waals surface area contributed by atoms with Gasteiger partial charge in [-0.05, 0) is 23.6 Å². The second kappa shape index (κ2) is 9.62. The smallest absolute Gasteiger partial charge is 0.387 e. The summed E-state index contributed by atoms with van der Waals surface area (Å²) in [5.74, 6) is -1.81. The first-order valence-corrected chi connectivity index (χ1v) is 8.39. The molecule has 0 unspecified atom stereocenters. The molecule has 0 saturated heterocycles. The number of benzene rings is 1. The monoisotopic (exact) mass is 383 g/mol. The van der Waals surface area contributed by atoms with E-state index in [4.69, 9.17) is 4.74 Å². The number of carbonyl (C=O) groups is 3. The molecule has 1 amide bonds. The Hall–Kier alpha value is -2.81. The molecule has 9 heteroatoms. The number of para-hydroxylation sites is 2. The van der Waals surface area contributed by atoms with Gasteiger partial charge in [0, 0.05) is 6.42 Å². The van der Waals surface area contributed by atoms with Gasteiger partial charge in [-0.25, -0.2) is 0 Å². The SMILES string of the molecule is O=C(COC(=O)CCC(=O)c1cccs1)Nc1ccccc1OC(F)F. The van der Waals surface area contributed by atoms with Crippen molar-refractivity contribution in [2.24, 2.45) is 0 Å². The molecule has 1 aromatic carbocycles. The van der Waals surface area contributed by atoms with Crippen LogP contribution >= 0.6 is 11.3 Å². The number of halogens is 2. The number of ether oxygens (including phenoxy) is 2. The molecule has 26 heavy (non-hydrogen) atoms. The van der Waals surface area contributed by atoms with Crippen LogP contribution in [-0.2, 0) is 14.3 Å². The van der Waals surface area contributed by atoms with Crippen molar-refractivity contribution >= 4 is 34.7 Å². The van der Waals surface area contributed by atoms with Crippen LogP contribution in [0.5, 0.6) is 5.75 Å². The van der Waals surface area contributed by atoms with Crippen LogP contribution in [-0.4, -0.2) is 30.9 Å². The van der Waals surface area contributed by atoms with E-state index in [0.717, 1.165) is 0 Å². The third kappa shape index (κ3) is 6.25. The molecule has 1 aromatic heterocycles. The fourth-order valence-electron chi connectivity index (χ4n) is 1.95. The van der Waals surface area contributed by atoms with E-state index in [0.29, 0.717) is 4.88 Å². The van der Waals surface area contributed by atoms with Crippen molar-refractivity contribution in [3.8, 4) is 5.75 Å². The molecule has 2 rings (SSSR count). The largest absolute Gasteiger partial charge is 0.456 e. The summed E-state index contributed by atoms with van der Waals surface area (Å²) >= 11 is 1.28. The van der Waals surface area contributed by atoms with Crippen molar-refractivity contribution in [2.75, 3.05) is 11.9 Å². The number of ketones is 1. The van der Waals surface area contributed by atoms with E-state index >= 15 is 0 Å². The zero-order valence-corrected chi connectivity index (χ0v) is 14.3. The molecule has 0 bridgehead atoms. The summed E-state index contributed by atoms with van der Waals surface area (Å²) < 4.78 is 33.7. The van der Waals surface area contributed by atoms with Crippen LogP contribution in [0.2, 0.25) is 0 Å². The molecule has 0 fully saturated rings. The molecule has 0 radical (unpaired) electrons. The van der Waals surface area contributed by atoms with Crippen molar-refractivity contribution in [3.05, 3.63) is 46.7 Å². The molecule has 0 saturated carbocycles. The van der Waals surface area contributed by atoms with E-state index in [1.165, 1.54) is 35.6 Å². The van der Waals surface area contributed by atoms with E-state index in [-0.39, 0.29) is 30.1 Å². The quantitative estimate of drug-likeness (QED) is 0.529. The van der Waals surface area contributed by atoms with Gasteiger partial charge >= 0.3 is 12.6 Å². The van der Waals surface area contributed by atoms with E-state index in [9.17, 15) is 23.2 Å². The lowest BCUT2D eigenvalue weighted by Gasteiger charge is -2.11. The third-order valence-corrected chi connectivity index (χ3v) is 4.00. The summed E-state index contributed by atoms with van der Waals surface area (Å²) in [6.45, 7) is -3.64. The predicted molar refractivity (Wildman–Crippen MR) is 90.5 cm³/mol. The van der Waals surface area contributed by atoms with Gasteiger partial charge < -0.3 is 14.8 Å². The highest BCUT2D eigenvalue weighted by molar-refractivity contribution is 7.12. The summed E-state index contributed by atoms with van der Waals surface area (Å²) in [6, 6.07) is 9.02. The van der Waals surface area contributed by atoms with E-state index in [1.807, 2.05) is 0 Å². The van der Waals surface area contributed by atoms with Gasteiger partial charge in [0.05, 0.1) is 17.0 Å². The van der Waals surface area contributed by atoms with E-state index < -0.39 is 25.1 Å². The summed E-state index contributed by atoms with van der Waals surface area (Å²) in [4.78, 5) is 35.7. The molecule has 0 aliphatic rings. The number of carbonyl (C=O) groups excluding carboxylic acids is 3. The van der Waals surface area contributed by atoms with Crippen molar-refractivity contribution < 1.29 is 32.6 Å². The van der Waals surface area contributed by atoms with Crippen LogP contribution in [0.25, 0.3) is 0 Å². The Labute approximate surface area is 151 Å². The number of thiophene rings is 1. The van der Waals surface area contributed by atoms with Gasteiger partial charge in [0.25, 0.3) is 5.91 Å². The third-order valence-electron chi connectivity index (χ3n) is 3.09. The maximum atomic E-state index is 12.3. The Bertz CT molecular complexity index is 764. The summed E-state index contributed by atoms with van der Waals surface area (Å²) in [5, 5.41) is 4.07. The maximum Gasteiger partial charge on any atom is 0.387 e. The number of rotatable bonds is 9. The maximum absolute atomic E-state index is 12.3. The lowest BCUT2D eigenvalue weighted by Crippen LogP contribution is -2.21. The fraction of sp³-hybridized carbons (Fsp3) is 0.235. The van der Waals surface area contributed by atoms with Crippen molar-refractivity contribution in [2.45, 2.75) is 19.5 Å². The van der Waals surface area contributed by atoms with Crippen molar-refractivity contribution in [3.63, 3.8) is 0 Å². The molecule has 0 aliphatic heterocycles. The van der Waals surface area contributed by atoms with Gasteiger partial charge in [0.15, 0.2) is 12.4 Å². The van der Waals surface area contributed by atoms with Crippen molar-refractivity contribution in [1.29, 1.82) is 0 Å². The fourth-order valence-corrected chi connectivity index (χ4v) is 2.64. The number of nitrogens with one attached hydrogen (secondary N) is 1. The lowest BCUT2D eigenvalue weighted by molar-refractivity contribution is -0.147. The van der Waals surface area contributed by atoms with Gasteiger partial charge in [-0.3, -0.25) is 14.4 Å². The Kier molecular flexibility index (Phi) is 7.22. The second-order valence-electron chi connectivity index (χ2n) is 4.98. The average molecular weight is 383 g/mol. The molecular formula is C17H15F2NO5S. The minimum Gasteiger partial charge on any atom is -0.456 e. The summed E-state index contributed by atoms with van der Waals surface area (Å²) in [7, 11) is 0. The highest BCUT2D eigenvalue weighted by Crippen LogP contribution is 2.25. The molecule has 0 spiro atoms. The number of hydrogen-bond donors (Lipinski definition) is 1. The zero-order chi connectivity index (χ0) is 18.9. The van der Waals surface area contributed by atoms with Crippen LogP contribution in [0, 0.1) is 0 Å². The average Bonchev–Trinajstić information content (AvgIpc) is 3.14. The molecule has 138 valence electrons. The van der Waals surface area contributed by atoms with Crippen LogP contribution in [0.3, 0.4) is 0 Å². The van der Waals surface area contributed by atoms with Crippen molar-refractivity contribution in [1.82, 2.24) is 0 Å². The molecule has 1 heterocycles. The summed E-state index contributed by atoms with van der Waals surface area (Å²) in [5.41, 5.74) is 0.0294.